The van der Waals surface area contributed by atoms with Gasteiger partial charge in [0.25, 0.3) is 0 Å². The number of alkyl halides is 1. The van der Waals surface area contributed by atoms with Gasteiger partial charge < -0.3 is 4.98 Å². The van der Waals surface area contributed by atoms with Gasteiger partial charge in [-0.3, -0.25) is 0 Å². The standard InChI is InChI=1S/C12H14BrN/c1-12(2,8-13)10-7-14-11-6-4-3-5-9(10)11/h3-7,14H,8H2,1-2H3. The summed E-state index contributed by atoms with van der Waals surface area (Å²) >= 11 is 3.56. The normalized spacial score (nSPS) is 12.2. The highest BCUT2D eigenvalue weighted by Crippen LogP contribution is 2.31. The first-order valence-corrected chi connectivity index (χ1v) is 5.90. The fourth-order valence-electron chi connectivity index (χ4n) is 1.70. The Kier molecular flexibility index (Phi) is 2.40. The first kappa shape index (κ1) is 9.78. The molecule has 0 aliphatic rings. The molecule has 0 saturated carbocycles. The van der Waals surface area contributed by atoms with Crippen LogP contribution < -0.4 is 0 Å². The lowest BCUT2D eigenvalue weighted by Crippen LogP contribution is -2.18. The predicted molar refractivity (Wildman–Crippen MR) is 65.1 cm³/mol. The smallest absolute Gasteiger partial charge is 0.0457 e. The van der Waals surface area contributed by atoms with Gasteiger partial charge in [-0.15, -0.1) is 0 Å². The fraction of sp³-hybridized carbons (Fsp3) is 0.333. The fourth-order valence-corrected chi connectivity index (χ4v) is 2.01. The molecule has 1 N–H and O–H groups in total. The lowest BCUT2D eigenvalue weighted by Gasteiger charge is -2.20. The van der Waals surface area contributed by atoms with E-state index in [9.17, 15) is 0 Å². The summed E-state index contributed by atoms with van der Waals surface area (Å²) in [5, 5.41) is 2.30. The maximum absolute atomic E-state index is 3.56. The highest BCUT2D eigenvalue weighted by Gasteiger charge is 2.22. The molecule has 14 heavy (non-hydrogen) atoms. The Morgan fingerprint density at radius 3 is 2.71 bits per heavy atom. The average molecular weight is 252 g/mol. The molecule has 1 heterocycles. The molecular weight excluding hydrogens is 238 g/mol. The number of rotatable bonds is 2. The minimum Gasteiger partial charge on any atom is -0.361 e. The van der Waals surface area contributed by atoms with Crippen LogP contribution in [0.1, 0.15) is 19.4 Å². The second-order valence-electron chi connectivity index (χ2n) is 4.27. The summed E-state index contributed by atoms with van der Waals surface area (Å²) in [5.41, 5.74) is 2.78. The van der Waals surface area contributed by atoms with Crippen LogP contribution in [0.25, 0.3) is 10.9 Å². The van der Waals surface area contributed by atoms with E-state index in [0.29, 0.717) is 0 Å². The third kappa shape index (κ3) is 1.48. The van der Waals surface area contributed by atoms with Crippen LogP contribution in [0.2, 0.25) is 0 Å². The van der Waals surface area contributed by atoms with Crippen LogP contribution >= 0.6 is 15.9 Å². The number of aromatic amines is 1. The van der Waals surface area contributed by atoms with Gasteiger partial charge in [-0.25, -0.2) is 0 Å². The third-order valence-corrected chi connectivity index (χ3v) is 4.05. The Bertz CT molecular complexity index is 442. The van der Waals surface area contributed by atoms with Crippen molar-refractivity contribution in [3.63, 3.8) is 0 Å². The third-order valence-electron chi connectivity index (χ3n) is 2.65. The topological polar surface area (TPSA) is 15.8 Å². The van der Waals surface area contributed by atoms with Gasteiger partial charge in [0, 0.05) is 27.8 Å². The number of nitrogens with one attached hydrogen (secondary N) is 1. The van der Waals surface area contributed by atoms with Crippen molar-refractivity contribution in [2.75, 3.05) is 5.33 Å². The first-order valence-electron chi connectivity index (χ1n) is 4.78. The van der Waals surface area contributed by atoms with Gasteiger partial charge in [0.05, 0.1) is 0 Å². The molecular formula is C12H14BrN. The van der Waals surface area contributed by atoms with Crippen molar-refractivity contribution in [2.24, 2.45) is 0 Å². The summed E-state index contributed by atoms with van der Waals surface area (Å²) < 4.78 is 0. The Morgan fingerprint density at radius 2 is 2.00 bits per heavy atom. The molecule has 0 saturated heterocycles. The van der Waals surface area contributed by atoms with Crippen LogP contribution in [-0.2, 0) is 5.41 Å². The van der Waals surface area contributed by atoms with Gasteiger partial charge in [0.1, 0.15) is 0 Å². The highest BCUT2D eigenvalue weighted by molar-refractivity contribution is 9.09. The minimum atomic E-state index is 0.180. The van der Waals surface area contributed by atoms with E-state index >= 15 is 0 Å². The number of fused-ring (bicyclic) bond motifs is 1. The van der Waals surface area contributed by atoms with E-state index in [-0.39, 0.29) is 5.41 Å². The van der Waals surface area contributed by atoms with Gasteiger partial charge in [-0.1, -0.05) is 48.0 Å². The molecule has 1 aromatic heterocycles. The van der Waals surface area contributed by atoms with Crippen LogP contribution in [-0.4, -0.2) is 10.3 Å². The minimum absolute atomic E-state index is 0.180. The van der Waals surface area contributed by atoms with E-state index in [1.165, 1.54) is 16.5 Å². The average Bonchev–Trinajstić information content (AvgIpc) is 2.61. The van der Waals surface area contributed by atoms with Crippen LogP contribution in [0.3, 0.4) is 0 Å². The second kappa shape index (κ2) is 3.43. The summed E-state index contributed by atoms with van der Waals surface area (Å²) in [4.78, 5) is 3.31. The molecule has 0 radical (unpaired) electrons. The molecule has 0 aliphatic heterocycles. The number of hydrogen-bond acceptors (Lipinski definition) is 0. The molecule has 2 heteroatoms. The molecule has 2 aromatic rings. The van der Waals surface area contributed by atoms with E-state index in [1.807, 2.05) is 0 Å². The van der Waals surface area contributed by atoms with Crippen molar-refractivity contribution in [1.82, 2.24) is 4.98 Å². The lowest BCUT2D eigenvalue weighted by molar-refractivity contribution is 0.612. The Labute approximate surface area is 92.6 Å². The van der Waals surface area contributed by atoms with Crippen molar-refractivity contribution >= 4 is 26.8 Å². The lowest BCUT2D eigenvalue weighted by atomic mass is 9.87. The van der Waals surface area contributed by atoms with E-state index in [4.69, 9.17) is 0 Å². The molecule has 1 nitrogen and oxygen atoms in total. The molecule has 0 spiro atoms. The monoisotopic (exact) mass is 251 g/mol. The summed E-state index contributed by atoms with van der Waals surface area (Å²) in [6.45, 7) is 4.49. The van der Waals surface area contributed by atoms with E-state index in [2.05, 4.69) is 65.2 Å². The molecule has 0 bridgehead atoms. The van der Waals surface area contributed by atoms with E-state index in [0.717, 1.165) is 5.33 Å². The molecule has 0 amide bonds. The molecule has 0 atom stereocenters. The van der Waals surface area contributed by atoms with Crippen molar-refractivity contribution in [3.8, 4) is 0 Å². The Hall–Kier alpha value is -0.760. The number of halogens is 1. The summed E-state index contributed by atoms with van der Waals surface area (Å²) in [5.74, 6) is 0. The van der Waals surface area contributed by atoms with Gasteiger partial charge in [0.2, 0.25) is 0 Å². The van der Waals surface area contributed by atoms with Gasteiger partial charge >= 0.3 is 0 Å². The zero-order valence-electron chi connectivity index (χ0n) is 8.47. The maximum atomic E-state index is 3.56. The van der Waals surface area contributed by atoms with Crippen LogP contribution in [0.5, 0.6) is 0 Å². The van der Waals surface area contributed by atoms with Crippen molar-refractivity contribution in [1.29, 1.82) is 0 Å². The number of hydrogen-bond donors (Lipinski definition) is 1. The van der Waals surface area contributed by atoms with Gasteiger partial charge in [-0.05, 0) is 11.6 Å². The first-order chi connectivity index (χ1) is 6.65. The van der Waals surface area contributed by atoms with Crippen LogP contribution in [0.15, 0.2) is 30.5 Å². The molecule has 1 aromatic carbocycles. The van der Waals surface area contributed by atoms with Gasteiger partial charge in [-0.2, -0.15) is 0 Å². The summed E-state index contributed by atoms with van der Waals surface area (Å²) in [6.07, 6.45) is 2.12. The Balaban J connectivity index is 2.64. The highest BCUT2D eigenvalue weighted by atomic mass is 79.9. The van der Waals surface area contributed by atoms with Crippen LogP contribution in [0, 0.1) is 0 Å². The number of aromatic nitrogens is 1. The zero-order valence-corrected chi connectivity index (χ0v) is 10.1. The molecule has 74 valence electrons. The SMILES string of the molecule is CC(C)(CBr)c1c[nH]c2ccccc12. The van der Waals surface area contributed by atoms with Gasteiger partial charge in [0.15, 0.2) is 0 Å². The Morgan fingerprint density at radius 1 is 1.29 bits per heavy atom. The van der Waals surface area contributed by atoms with E-state index in [1.54, 1.807) is 0 Å². The molecule has 0 unspecified atom stereocenters. The summed E-state index contributed by atoms with van der Waals surface area (Å²) in [7, 11) is 0. The number of H-pyrrole nitrogens is 1. The largest absolute Gasteiger partial charge is 0.361 e. The summed E-state index contributed by atoms with van der Waals surface area (Å²) in [6, 6.07) is 8.43. The van der Waals surface area contributed by atoms with Crippen molar-refractivity contribution in [2.45, 2.75) is 19.3 Å². The molecule has 0 fully saturated rings. The van der Waals surface area contributed by atoms with Crippen molar-refractivity contribution in [3.05, 3.63) is 36.0 Å². The van der Waals surface area contributed by atoms with E-state index < -0.39 is 0 Å². The number of para-hydroxylation sites is 1. The predicted octanol–water partition coefficient (Wildman–Crippen LogP) is 3.84. The zero-order chi connectivity index (χ0) is 10.2. The van der Waals surface area contributed by atoms with Crippen molar-refractivity contribution < 1.29 is 0 Å². The maximum Gasteiger partial charge on any atom is 0.0457 e. The number of benzene rings is 1. The quantitative estimate of drug-likeness (QED) is 0.781. The second-order valence-corrected chi connectivity index (χ2v) is 4.83. The van der Waals surface area contributed by atoms with Crippen LogP contribution in [0.4, 0.5) is 0 Å². The molecule has 2 rings (SSSR count). The molecule has 0 aliphatic carbocycles.